The van der Waals surface area contributed by atoms with Crippen molar-refractivity contribution in [2.45, 2.75) is 13.8 Å². The third kappa shape index (κ3) is 4.22. The van der Waals surface area contributed by atoms with Crippen molar-refractivity contribution in [2.24, 2.45) is 0 Å². The highest BCUT2D eigenvalue weighted by molar-refractivity contribution is 7.10. The first-order valence-electron chi connectivity index (χ1n) is 9.23. The van der Waals surface area contributed by atoms with Gasteiger partial charge in [-0.3, -0.25) is 10.1 Å². The van der Waals surface area contributed by atoms with Crippen LogP contribution in [0.3, 0.4) is 0 Å². The summed E-state index contributed by atoms with van der Waals surface area (Å²) < 4.78 is 0. The van der Waals surface area contributed by atoms with E-state index in [2.05, 4.69) is 20.3 Å². The van der Waals surface area contributed by atoms with Gasteiger partial charge in [0.25, 0.3) is 5.69 Å². The Hall–Kier alpha value is -3.27. The molecule has 0 radical (unpaired) electrons. The van der Waals surface area contributed by atoms with E-state index in [0.717, 1.165) is 10.6 Å². The van der Waals surface area contributed by atoms with E-state index in [9.17, 15) is 15.2 Å². The van der Waals surface area contributed by atoms with Crippen molar-refractivity contribution in [3.63, 3.8) is 0 Å². The molecule has 0 aliphatic heterocycles. The van der Waals surface area contributed by atoms with Gasteiger partial charge in [-0.25, -0.2) is 9.97 Å². The van der Waals surface area contributed by atoms with Crippen molar-refractivity contribution >= 4 is 74.9 Å². The number of nitro benzene ring substituents is 1. The Bertz CT molecular complexity index is 1400. The molecule has 2 aromatic heterocycles. The molecule has 11 heteroatoms. The van der Waals surface area contributed by atoms with E-state index in [-0.39, 0.29) is 22.5 Å². The van der Waals surface area contributed by atoms with Gasteiger partial charge >= 0.3 is 0 Å². The van der Waals surface area contributed by atoms with Gasteiger partial charge in [0, 0.05) is 21.7 Å². The molecule has 0 spiro atoms. The Labute approximate surface area is 196 Å². The monoisotopic (exact) mass is 487 g/mol. The normalized spacial score (nSPS) is 11.4. The number of hydrogen-bond acceptors (Lipinski definition) is 8. The second-order valence-corrected chi connectivity index (χ2v) is 8.57. The molecular weight excluding hydrogens is 473 g/mol. The first kappa shape index (κ1) is 21.9. The van der Waals surface area contributed by atoms with Crippen molar-refractivity contribution in [1.82, 2.24) is 15.0 Å². The molecular formula is C21H15Cl2N5O3S. The second kappa shape index (κ2) is 8.70. The average molecular weight is 488 g/mol. The van der Waals surface area contributed by atoms with Crippen LogP contribution in [0.5, 0.6) is 5.88 Å². The van der Waals surface area contributed by atoms with Gasteiger partial charge < -0.3 is 10.4 Å². The van der Waals surface area contributed by atoms with Crippen molar-refractivity contribution in [2.75, 3.05) is 5.32 Å². The number of thiazole rings is 1. The molecule has 0 amide bonds. The average Bonchev–Trinajstić information content (AvgIpc) is 3.14. The first-order valence-corrected chi connectivity index (χ1v) is 10.9. The standard InChI is InChI=1S/C21H15Cl2N5O3S/c1-10-7-12(3-6-16-11(2)24-9-32-16)18-17(19(10)28(30)31)20(29)27-21(26-18)25-13-4-5-14(22)15(23)8-13/h3-9H,1-2H3,(H2,25,26,27,29). The number of rotatable bonds is 5. The van der Waals surface area contributed by atoms with E-state index in [1.807, 2.05) is 13.0 Å². The molecule has 0 atom stereocenters. The number of aromatic hydroxyl groups is 1. The van der Waals surface area contributed by atoms with Crippen molar-refractivity contribution in [1.29, 1.82) is 0 Å². The fraction of sp³-hybridized carbons (Fsp3) is 0.0952. The summed E-state index contributed by atoms with van der Waals surface area (Å²) in [4.78, 5) is 24.8. The molecule has 162 valence electrons. The zero-order valence-corrected chi connectivity index (χ0v) is 19.1. The molecule has 2 aromatic carbocycles. The maximum Gasteiger partial charge on any atom is 0.287 e. The fourth-order valence-corrected chi connectivity index (χ4v) is 4.19. The Balaban J connectivity index is 1.89. The van der Waals surface area contributed by atoms with E-state index in [1.165, 1.54) is 11.3 Å². The predicted molar refractivity (Wildman–Crippen MR) is 128 cm³/mol. The lowest BCUT2D eigenvalue weighted by Crippen LogP contribution is -2.02. The van der Waals surface area contributed by atoms with Gasteiger partial charge in [0.15, 0.2) is 0 Å². The van der Waals surface area contributed by atoms with Gasteiger partial charge in [-0.05, 0) is 44.2 Å². The van der Waals surface area contributed by atoms with Gasteiger partial charge in [-0.1, -0.05) is 29.3 Å². The van der Waals surface area contributed by atoms with Crippen LogP contribution in [0.1, 0.15) is 21.7 Å². The SMILES string of the molecule is Cc1cc(C=Cc2scnc2C)c2nc(Nc3ccc(Cl)c(Cl)c3)nc(O)c2c1[N+](=O)[O-]. The molecule has 0 unspecified atom stereocenters. The molecule has 0 bridgehead atoms. The number of anilines is 2. The van der Waals surface area contributed by atoms with E-state index >= 15 is 0 Å². The summed E-state index contributed by atoms with van der Waals surface area (Å²) in [5.41, 5.74) is 4.10. The minimum absolute atomic E-state index is 0.0321. The number of hydrogen-bond donors (Lipinski definition) is 2. The van der Waals surface area contributed by atoms with Crippen LogP contribution < -0.4 is 5.32 Å². The van der Waals surface area contributed by atoms with Gasteiger partial charge in [0.2, 0.25) is 11.8 Å². The van der Waals surface area contributed by atoms with E-state index in [0.29, 0.717) is 26.9 Å². The molecule has 0 fully saturated rings. The van der Waals surface area contributed by atoms with Crippen molar-refractivity contribution < 1.29 is 10.0 Å². The van der Waals surface area contributed by atoms with Crippen LogP contribution in [0.15, 0.2) is 29.8 Å². The van der Waals surface area contributed by atoms with E-state index in [4.69, 9.17) is 23.2 Å². The molecule has 0 aliphatic carbocycles. The molecule has 4 aromatic rings. The molecule has 0 saturated heterocycles. The first-order chi connectivity index (χ1) is 15.2. The summed E-state index contributed by atoms with van der Waals surface area (Å²) in [5.74, 6) is -0.452. The number of aryl methyl sites for hydroxylation is 2. The highest BCUT2D eigenvalue weighted by Crippen LogP contribution is 2.38. The zero-order valence-electron chi connectivity index (χ0n) is 16.8. The third-order valence-electron chi connectivity index (χ3n) is 4.70. The van der Waals surface area contributed by atoms with Gasteiger partial charge in [0.1, 0.15) is 5.39 Å². The smallest absolute Gasteiger partial charge is 0.287 e. The maximum atomic E-state index is 11.7. The molecule has 32 heavy (non-hydrogen) atoms. The van der Waals surface area contributed by atoms with Crippen LogP contribution in [0.4, 0.5) is 17.3 Å². The quantitative estimate of drug-likeness (QED) is 0.242. The van der Waals surface area contributed by atoms with E-state index in [1.54, 1.807) is 42.8 Å². The zero-order chi connectivity index (χ0) is 23.0. The number of benzene rings is 2. The number of nitro groups is 1. The number of aromatic nitrogens is 3. The molecule has 4 rings (SSSR count). The molecule has 2 N–H and O–H groups in total. The Morgan fingerprint density at radius 2 is 1.94 bits per heavy atom. The molecule has 8 nitrogen and oxygen atoms in total. The van der Waals surface area contributed by atoms with Crippen LogP contribution in [-0.4, -0.2) is 25.0 Å². The van der Waals surface area contributed by atoms with Crippen LogP contribution in [0.2, 0.25) is 10.0 Å². The molecule has 0 saturated carbocycles. The summed E-state index contributed by atoms with van der Waals surface area (Å²) in [5, 5.41) is 26.0. The van der Waals surface area contributed by atoms with Crippen LogP contribution in [0, 0.1) is 24.0 Å². The van der Waals surface area contributed by atoms with E-state index < -0.39 is 10.8 Å². The third-order valence-corrected chi connectivity index (χ3v) is 6.34. The highest BCUT2D eigenvalue weighted by Gasteiger charge is 2.24. The highest BCUT2D eigenvalue weighted by atomic mass is 35.5. The van der Waals surface area contributed by atoms with Gasteiger partial charge in [-0.15, -0.1) is 11.3 Å². The lowest BCUT2D eigenvalue weighted by molar-refractivity contribution is -0.383. The topological polar surface area (TPSA) is 114 Å². The lowest BCUT2D eigenvalue weighted by atomic mass is 10.0. The van der Waals surface area contributed by atoms with Crippen molar-refractivity contribution in [3.05, 3.63) is 71.6 Å². The fourth-order valence-electron chi connectivity index (χ4n) is 3.20. The van der Waals surface area contributed by atoms with Crippen LogP contribution in [0.25, 0.3) is 23.1 Å². The largest absolute Gasteiger partial charge is 0.493 e. The summed E-state index contributed by atoms with van der Waals surface area (Å²) in [6.45, 7) is 3.50. The number of fused-ring (bicyclic) bond motifs is 1. The Kier molecular flexibility index (Phi) is 5.96. The maximum absolute atomic E-state index is 11.7. The Morgan fingerprint density at radius 1 is 1.16 bits per heavy atom. The summed E-state index contributed by atoms with van der Waals surface area (Å²) in [6, 6.07) is 6.51. The number of halogens is 2. The molecule has 0 aliphatic rings. The molecule has 2 heterocycles. The van der Waals surface area contributed by atoms with Gasteiger partial charge in [0.05, 0.1) is 31.7 Å². The minimum Gasteiger partial charge on any atom is -0.493 e. The van der Waals surface area contributed by atoms with Crippen molar-refractivity contribution in [3.8, 4) is 5.88 Å². The van der Waals surface area contributed by atoms with Crippen LogP contribution >= 0.6 is 34.5 Å². The lowest BCUT2D eigenvalue weighted by Gasteiger charge is -2.11. The predicted octanol–water partition coefficient (Wildman–Crippen LogP) is 6.54. The van der Waals surface area contributed by atoms with Gasteiger partial charge in [-0.2, -0.15) is 4.98 Å². The summed E-state index contributed by atoms with van der Waals surface area (Å²) >= 11 is 13.5. The Morgan fingerprint density at radius 3 is 2.59 bits per heavy atom. The number of nitrogens with zero attached hydrogens (tertiary/aromatic N) is 4. The number of nitrogens with one attached hydrogen (secondary N) is 1. The second-order valence-electron chi connectivity index (χ2n) is 6.87. The summed E-state index contributed by atoms with van der Waals surface area (Å²) in [7, 11) is 0. The minimum atomic E-state index is -0.548. The van der Waals surface area contributed by atoms with Crippen LogP contribution in [-0.2, 0) is 0 Å². The summed E-state index contributed by atoms with van der Waals surface area (Å²) in [6.07, 6.45) is 3.65.